The number of carboxylic acid groups (broad SMARTS) is 1. The molecule has 1 unspecified atom stereocenters. The van der Waals surface area contributed by atoms with Crippen LogP contribution < -0.4 is 5.32 Å². The van der Waals surface area contributed by atoms with Crippen molar-refractivity contribution >= 4 is 33.5 Å². The van der Waals surface area contributed by atoms with Crippen molar-refractivity contribution in [3.63, 3.8) is 0 Å². The zero-order chi connectivity index (χ0) is 15.6. The fourth-order valence-electron chi connectivity index (χ4n) is 2.95. The molecule has 1 atom stereocenters. The van der Waals surface area contributed by atoms with Gasteiger partial charge in [-0.3, -0.25) is 4.79 Å². The molecule has 0 spiro atoms. The van der Waals surface area contributed by atoms with Gasteiger partial charge in [-0.25, -0.2) is 4.79 Å². The predicted molar refractivity (Wildman–Crippen MR) is 85.5 cm³/mol. The standard InChI is InChI=1S/C16H20BrNO3/c1-16(2)8-4-3-5-11(16)14(19)18-13-7-6-10(15(20)21)9-12(13)17/h6-7,9,11H,3-5,8H2,1-2H3,(H,18,19)(H,20,21). The molecule has 4 nitrogen and oxygen atoms in total. The van der Waals surface area contributed by atoms with Gasteiger partial charge in [-0.1, -0.05) is 26.7 Å². The molecule has 1 fully saturated rings. The lowest BCUT2D eigenvalue weighted by molar-refractivity contribution is -0.124. The second kappa shape index (κ2) is 6.18. The molecule has 0 aliphatic heterocycles. The summed E-state index contributed by atoms with van der Waals surface area (Å²) < 4.78 is 0.587. The summed E-state index contributed by atoms with van der Waals surface area (Å²) in [5.41, 5.74) is 0.819. The molecule has 1 aromatic rings. The average molecular weight is 354 g/mol. The van der Waals surface area contributed by atoms with Gasteiger partial charge in [-0.05, 0) is 52.4 Å². The van der Waals surface area contributed by atoms with E-state index in [1.165, 1.54) is 18.6 Å². The van der Waals surface area contributed by atoms with Crippen LogP contribution in [-0.2, 0) is 4.79 Å². The molecule has 21 heavy (non-hydrogen) atoms. The molecule has 0 aromatic heterocycles. The van der Waals surface area contributed by atoms with Crippen molar-refractivity contribution in [1.29, 1.82) is 0 Å². The lowest BCUT2D eigenvalue weighted by Crippen LogP contribution is -2.37. The number of halogens is 1. The minimum absolute atomic E-state index is 0.00250. The Kier molecular flexibility index (Phi) is 4.71. The van der Waals surface area contributed by atoms with Crippen molar-refractivity contribution in [1.82, 2.24) is 0 Å². The van der Waals surface area contributed by atoms with E-state index in [9.17, 15) is 9.59 Å². The fraction of sp³-hybridized carbons (Fsp3) is 0.500. The molecule has 0 saturated heterocycles. The second-order valence-corrected chi connectivity index (χ2v) is 7.13. The third-order valence-electron chi connectivity index (χ3n) is 4.30. The molecule has 2 N–H and O–H groups in total. The molecule has 1 aromatic carbocycles. The smallest absolute Gasteiger partial charge is 0.335 e. The Balaban J connectivity index is 2.14. The zero-order valence-electron chi connectivity index (χ0n) is 12.3. The number of nitrogens with one attached hydrogen (secondary N) is 1. The van der Waals surface area contributed by atoms with Gasteiger partial charge in [0.1, 0.15) is 0 Å². The maximum absolute atomic E-state index is 12.5. The van der Waals surface area contributed by atoms with E-state index in [0.717, 1.165) is 19.3 Å². The number of aromatic carboxylic acids is 1. The lowest BCUT2D eigenvalue weighted by atomic mass is 9.68. The van der Waals surface area contributed by atoms with E-state index in [1.54, 1.807) is 6.07 Å². The highest BCUT2D eigenvalue weighted by atomic mass is 79.9. The number of carboxylic acids is 1. The fourth-order valence-corrected chi connectivity index (χ4v) is 3.43. The number of benzene rings is 1. The topological polar surface area (TPSA) is 66.4 Å². The molecule has 1 saturated carbocycles. The van der Waals surface area contributed by atoms with Crippen molar-refractivity contribution in [3.8, 4) is 0 Å². The van der Waals surface area contributed by atoms with E-state index < -0.39 is 5.97 Å². The van der Waals surface area contributed by atoms with Crippen LogP contribution in [-0.4, -0.2) is 17.0 Å². The van der Waals surface area contributed by atoms with Crippen molar-refractivity contribution in [3.05, 3.63) is 28.2 Å². The Labute approximate surface area is 133 Å². The molecular formula is C16H20BrNO3. The van der Waals surface area contributed by atoms with Gasteiger partial charge in [-0.2, -0.15) is 0 Å². The molecule has 0 radical (unpaired) electrons. The first-order valence-electron chi connectivity index (χ1n) is 7.15. The van der Waals surface area contributed by atoms with Gasteiger partial charge in [0.25, 0.3) is 0 Å². The van der Waals surface area contributed by atoms with Crippen LogP contribution in [0.5, 0.6) is 0 Å². The Morgan fingerprint density at radius 1 is 1.33 bits per heavy atom. The molecule has 114 valence electrons. The highest BCUT2D eigenvalue weighted by molar-refractivity contribution is 9.10. The van der Waals surface area contributed by atoms with Crippen molar-refractivity contribution < 1.29 is 14.7 Å². The van der Waals surface area contributed by atoms with Gasteiger partial charge in [-0.15, -0.1) is 0 Å². The first kappa shape index (κ1) is 16.0. The molecule has 5 heteroatoms. The van der Waals surface area contributed by atoms with Crippen molar-refractivity contribution in [2.24, 2.45) is 11.3 Å². The van der Waals surface area contributed by atoms with Crippen LogP contribution in [0.1, 0.15) is 49.9 Å². The van der Waals surface area contributed by atoms with Gasteiger partial charge < -0.3 is 10.4 Å². The highest BCUT2D eigenvalue weighted by Gasteiger charge is 2.37. The zero-order valence-corrected chi connectivity index (χ0v) is 13.9. The molecular weight excluding hydrogens is 334 g/mol. The Hall–Kier alpha value is -1.36. The maximum Gasteiger partial charge on any atom is 0.335 e. The number of carbonyl (C=O) groups excluding carboxylic acids is 1. The number of hydrogen-bond donors (Lipinski definition) is 2. The van der Waals surface area contributed by atoms with Crippen LogP contribution in [0.25, 0.3) is 0 Å². The maximum atomic E-state index is 12.5. The van der Waals surface area contributed by atoms with E-state index in [2.05, 4.69) is 35.1 Å². The number of carbonyl (C=O) groups is 2. The summed E-state index contributed by atoms with van der Waals surface area (Å²) >= 11 is 3.32. The van der Waals surface area contributed by atoms with Crippen LogP contribution in [0.4, 0.5) is 5.69 Å². The third kappa shape index (κ3) is 3.64. The molecule has 2 rings (SSSR count). The van der Waals surface area contributed by atoms with Crippen LogP contribution in [0.2, 0.25) is 0 Å². The summed E-state index contributed by atoms with van der Waals surface area (Å²) in [6, 6.07) is 4.62. The van der Waals surface area contributed by atoms with Crippen LogP contribution in [0, 0.1) is 11.3 Å². The Morgan fingerprint density at radius 3 is 2.62 bits per heavy atom. The quantitative estimate of drug-likeness (QED) is 0.850. The normalized spacial score (nSPS) is 20.8. The van der Waals surface area contributed by atoms with E-state index in [-0.39, 0.29) is 22.8 Å². The largest absolute Gasteiger partial charge is 0.478 e. The van der Waals surface area contributed by atoms with Gasteiger partial charge >= 0.3 is 5.97 Å². The summed E-state index contributed by atoms with van der Waals surface area (Å²) in [6.07, 6.45) is 4.22. The van der Waals surface area contributed by atoms with Gasteiger partial charge in [0.05, 0.1) is 11.3 Å². The van der Waals surface area contributed by atoms with Gasteiger partial charge in [0, 0.05) is 10.4 Å². The van der Waals surface area contributed by atoms with E-state index in [0.29, 0.717) is 10.2 Å². The minimum atomic E-state index is -0.984. The number of amides is 1. The van der Waals surface area contributed by atoms with E-state index in [1.807, 2.05) is 0 Å². The summed E-state index contributed by atoms with van der Waals surface area (Å²) in [7, 11) is 0. The second-order valence-electron chi connectivity index (χ2n) is 6.28. The molecule has 1 amide bonds. The number of anilines is 1. The number of rotatable bonds is 3. The highest BCUT2D eigenvalue weighted by Crippen LogP contribution is 2.41. The van der Waals surface area contributed by atoms with E-state index in [4.69, 9.17) is 5.11 Å². The van der Waals surface area contributed by atoms with E-state index >= 15 is 0 Å². The van der Waals surface area contributed by atoms with Gasteiger partial charge in [0.15, 0.2) is 0 Å². The first-order chi connectivity index (χ1) is 9.81. The predicted octanol–water partition coefficient (Wildman–Crippen LogP) is 4.30. The monoisotopic (exact) mass is 353 g/mol. The minimum Gasteiger partial charge on any atom is -0.478 e. The van der Waals surface area contributed by atoms with Crippen LogP contribution in [0.15, 0.2) is 22.7 Å². The number of hydrogen-bond acceptors (Lipinski definition) is 2. The summed E-state index contributed by atoms with van der Waals surface area (Å²) in [6.45, 7) is 4.28. The third-order valence-corrected chi connectivity index (χ3v) is 4.95. The Morgan fingerprint density at radius 2 is 2.05 bits per heavy atom. The summed E-state index contributed by atoms with van der Waals surface area (Å²) in [4.78, 5) is 23.4. The molecule has 1 aliphatic rings. The molecule has 0 bridgehead atoms. The summed E-state index contributed by atoms with van der Waals surface area (Å²) in [5, 5.41) is 11.9. The average Bonchev–Trinajstić information content (AvgIpc) is 2.40. The first-order valence-corrected chi connectivity index (χ1v) is 7.94. The van der Waals surface area contributed by atoms with Gasteiger partial charge in [0.2, 0.25) is 5.91 Å². The molecule has 1 aliphatic carbocycles. The lowest BCUT2D eigenvalue weighted by Gasteiger charge is -2.37. The SMILES string of the molecule is CC1(C)CCCCC1C(=O)Nc1ccc(C(=O)O)cc1Br. The summed E-state index contributed by atoms with van der Waals surface area (Å²) in [5.74, 6) is -0.970. The van der Waals surface area contributed by atoms with Crippen LogP contribution in [0.3, 0.4) is 0 Å². The molecule has 0 heterocycles. The van der Waals surface area contributed by atoms with Crippen molar-refractivity contribution in [2.45, 2.75) is 39.5 Å². The Bertz CT molecular complexity index is 569. The van der Waals surface area contributed by atoms with Crippen molar-refractivity contribution in [2.75, 3.05) is 5.32 Å². The van der Waals surface area contributed by atoms with Crippen LogP contribution >= 0.6 is 15.9 Å².